The van der Waals surface area contributed by atoms with Crippen molar-refractivity contribution in [3.05, 3.63) is 0 Å². The van der Waals surface area contributed by atoms with Crippen molar-refractivity contribution in [3.63, 3.8) is 0 Å². The summed E-state index contributed by atoms with van der Waals surface area (Å²) < 4.78 is 68.2. The maximum absolute atomic E-state index is 13.0. The van der Waals surface area contributed by atoms with Gasteiger partial charge in [-0.3, -0.25) is 37.3 Å². The van der Waals surface area contributed by atoms with E-state index in [1.54, 1.807) is 0 Å². The number of rotatable bonds is 65. The molecule has 6 atom stereocenters. The van der Waals surface area contributed by atoms with E-state index >= 15 is 0 Å². The highest BCUT2D eigenvalue weighted by atomic mass is 31.2. The summed E-state index contributed by atoms with van der Waals surface area (Å²) in [6.07, 6.45) is 39.1. The third-order valence-corrected chi connectivity index (χ3v) is 17.8. The van der Waals surface area contributed by atoms with Crippen molar-refractivity contribution < 1.29 is 80.2 Å². The van der Waals surface area contributed by atoms with Gasteiger partial charge in [0.1, 0.15) is 19.3 Å². The monoisotopic (exact) mass is 1280 g/mol. The minimum Gasteiger partial charge on any atom is -0.462 e. The predicted octanol–water partition coefficient (Wildman–Crippen LogP) is 18.9. The molecule has 0 fully saturated rings. The van der Waals surface area contributed by atoms with Crippen LogP contribution < -0.4 is 0 Å². The molecule has 0 aliphatic heterocycles. The first-order valence-corrected chi connectivity index (χ1v) is 38.2. The molecule has 0 rings (SSSR count). The maximum atomic E-state index is 13.0. The molecule has 0 aliphatic rings. The fourth-order valence-electron chi connectivity index (χ4n) is 10.1. The maximum Gasteiger partial charge on any atom is 0.472 e. The summed E-state index contributed by atoms with van der Waals surface area (Å²) in [4.78, 5) is 72.4. The second-order valence-corrected chi connectivity index (χ2v) is 29.1. The van der Waals surface area contributed by atoms with Crippen molar-refractivity contribution in [2.75, 3.05) is 39.6 Å². The lowest BCUT2D eigenvalue weighted by molar-refractivity contribution is -0.161. The zero-order chi connectivity index (χ0) is 64.7. The molecule has 0 heterocycles. The van der Waals surface area contributed by atoms with Gasteiger partial charge in [-0.1, -0.05) is 280 Å². The Morgan fingerprint density at radius 3 is 0.816 bits per heavy atom. The number of hydrogen-bond acceptors (Lipinski definition) is 15. The van der Waals surface area contributed by atoms with Crippen molar-refractivity contribution in [1.82, 2.24) is 0 Å². The zero-order valence-corrected chi connectivity index (χ0v) is 58.4. The topological polar surface area (TPSA) is 237 Å². The molecule has 0 aromatic rings. The summed E-state index contributed by atoms with van der Waals surface area (Å²) in [7, 11) is -9.90. The highest BCUT2D eigenvalue weighted by Gasteiger charge is 2.30. The van der Waals surface area contributed by atoms with E-state index in [9.17, 15) is 43.2 Å². The standard InChI is InChI=1S/C68H132O17P2/c1-9-61(8)47-39-31-22-17-19-24-33-41-49-66(71)78-54-63(84-67(72)50-42-34-25-15-13-11-10-12-14-20-28-36-44-58(2)3)56-82-86(74,75)80-52-62(69)53-81-87(76,77)83-57-64(85-68(73)51-43-35-27-26-30-38-46-60(6)7)55-79-65(70)48-40-32-23-18-16-21-29-37-45-59(4)5/h58-64,69H,9-57H2,1-8H3,(H,74,75)(H,76,77)/t61?,62?,63-,64-/m1/s1. The third kappa shape index (κ3) is 61.3. The fourth-order valence-corrected chi connectivity index (χ4v) is 11.7. The van der Waals surface area contributed by atoms with E-state index in [1.807, 2.05) is 0 Å². The van der Waals surface area contributed by atoms with Crippen LogP contribution in [-0.2, 0) is 65.4 Å². The molecular weight excluding hydrogens is 1150 g/mol. The molecule has 0 bridgehead atoms. The van der Waals surface area contributed by atoms with Crippen LogP contribution in [0.2, 0.25) is 0 Å². The van der Waals surface area contributed by atoms with Crippen LogP contribution in [0.1, 0.15) is 331 Å². The van der Waals surface area contributed by atoms with Crippen LogP contribution >= 0.6 is 15.6 Å². The number of aliphatic hydroxyl groups is 1. The minimum atomic E-state index is -4.95. The molecule has 0 aromatic heterocycles. The molecule has 0 saturated carbocycles. The SMILES string of the molecule is CCC(C)CCCCCCCCCCC(=O)OC[C@H](COP(=O)(O)OCC(O)COP(=O)(O)OC[C@@H](COC(=O)CCCCCCCCCCC(C)C)OC(=O)CCCCCCCCC(C)C)OC(=O)CCCCCCCCCCCCCCC(C)C. The number of phosphoric ester groups is 2. The van der Waals surface area contributed by atoms with Gasteiger partial charge in [0.15, 0.2) is 12.2 Å². The number of unbranched alkanes of at least 4 members (excludes halogenated alkanes) is 30. The highest BCUT2D eigenvalue weighted by molar-refractivity contribution is 7.47. The van der Waals surface area contributed by atoms with Crippen LogP contribution in [0.4, 0.5) is 0 Å². The summed E-state index contributed by atoms with van der Waals surface area (Å²) in [6.45, 7) is 14.0. The Kier molecular flexibility index (Phi) is 56.6. The molecule has 0 aliphatic carbocycles. The van der Waals surface area contributed by atoms with Gasteiger partial charge in [0, 0.05) is 25.7 Å². The largest absolute Gasteiger partial charge is 0.472 e. The Morgan fingerprint density at radius 2 is 0.552 bits per heavy atom. The zero-order valence-electron chi connectivity index (χ0n) is 56.6. The van der Waals surface area contributed by atoms with Crippen LogP contribution in [0, 0.1) is 23.7 Å². The van der Waals surface area contributed by atoms with Gasteiger partial charge in [0.2, 0.25) is 0 Å². The normalized spacial score (nSPS) is 14.6. The van der Waals surface area contributed by atoms with Crippen LogP contribution in [0.25, 0.3) is 0 Å². The molecule has 0 amide bonds. The molecule has 0 spiro atoms. The van der Waals surface area contributed by atoms with Gasteiger partial charge in [-0.2, -0.15) is 0 Å². The summed E-state index contributed by atoms with van der Waals surface area (Å²) >= 11 is 0. The fraction of sp³-hybridized carbons (Fsp3) is 0.941. The predicted molar refractivity (Wildman–Crippen MR) is 349 cm³/mol. The molecule has 0 radical (unpaired) electrons. The van der Waals surface area contributed by atoms with E-state index in [0.717, 1.165) is 108 Å². The quantitative estimate of drug-likeness (QED) is 0.0222. The van der Waals surface area contributed by atoms with E-state index in [1.165, 1.54) is 135 Å². The van der Waals surface area contributed by atoms with Crippen molar-refractivity contribution >= 4 is 39.5 Å². The van der Waals surface area contributed by atoms with Crippen LogP contribution in [0.3, 0.4) is 0 Å². The molecule has 87 heavy (non-hydrogen) atoms. The average molecular weight is 1280 g/mol. The second-order valence-electron chi connectivity index (χ2n) is 26.2. The van der Waals surface area contributed by atoms with E-state index < -0.39 is 97.5 Å². The Balaban J connectivity index is 5.25. The molecular formula is C68H132O17P2. The first-order valence-electron chi connectivity index (χ1n) is 35.2. The number of carbonyl (C=O) groups excluding carboxylic acids is 4. The van der Waals surface area contributed by atoms with E-state index in [0.29, 0.717) is 31.6 Å². The van der Waals surface area contributed by atoms with Gasteiger partial charge in [-0.05, 0) is 49.4 Å². The average Bonchev–Trinajstić information content (AvgIpc) is 3.63. The van der Waals surface area contributed by atoms with Gasteiger partial charge in [0.25, 0.3) is 0 Å². The highest BCUT2D eigenvalue weighted by Crippen LogP contribution is 2.45. The summed E-state index contributed by atoms with van der Waals surface area (Å²) in [5.74, 6) is 0.813. The number of hydrogen-bond donors (Lipinski definition) is 3. The Bertz CT molecular complexity index is 1730. The van der Waals surface area contributed by atoms with E-state index in [4.69, 9.17) is 37.0 Å². The lowest BCUT2D eigenvalue weighted by Gasteiger charge is -2.21. The lowest BCUT2D eigenvalue weighted by atomic mass is 9.99. The van der Waals surface area contributed by atoms with Gasteiger partial charge in [0.05, 0.1) is 26.4 Å². The molecule has 0 saturated heterocycles. The first-order chi connectivity index (χ1) is 41.6. The van der Waals surface area contributed by atoms with Gasteiger partial charge in [-0.15, -0.1) is 0 Å². The Labute approximate surface area is 530 Å². The smallest absolute Gasteiger partial charge is 0.462 e. The number of carbonyl (C=O) groups is 4. The first kappa shape index (κ1) is 85.1. The van der Waals surface area contributed by atoms with Gasteiger partial charge in [-0.25, -0.2) is 9.13 Å². The molecule has 0 aromatic carbocycles. The molecule has 4 unspecified atom stereocenters. The Hall–Kier alpha value is -1.94. The molecule has 17 nitrogen and oxygen atoms in total. The lowest BCUT2D eigenvalue weighted by Crippen LogP contribution is -2.30. The minimum absolute atomic E-state index is 0.101. The summed E-state index contributed by atoms with van der Waals surface area (Å²) in [6, 6.07) is 0. The molecule has 516 valence electrons. The van der Waals surface area contributed by atoms with Gasteiger partial charge >= 0.3 is 39.5 Å². The van der Waals surface area contributed by atoms with Gasteiger partial charge < -0.3 is 33.8 Å². The summed E-state index contributed by atoms with van der Waals surface area (Å²) in [5.41, 5.74) is 0. The van der Waals surface area contributed by atoms with Crippen molar-refractivity contribution in [2.45, 2.75) is 350 Å². The number of phosphoric acid groups is 2. The van der Waals surface area contributed by atoms with Crippen LogP contribution in [-0.4, -0.2) is 96.7 Å². The van der Waals surface area contributed by atoms with Crippen molar-refractivity contribution in [2.24, 2.45) is 23.7 Å². The number of aliphatic hydroxyl groups excluding tert-OH is 1. The molecule has 3 N–H and O–H groups in total. The molecule has 19 heteroatoms. The van der Waals surface area contributed by atoms with Crippen LogP contribution in [0.15, 0.2) is 0 Å². The van der Waals surface area contributed by atoms with E-state index in [-0.39, 0.29) is 25.7 Å². The van der Waals surface area contributed by atoms with E-state index in [2.05, 4.69) is 55.4 Å². The van der Waals surface area contributed by atoms with Crippen molar-refractivity contribution in [1.29, 1.82) is 0 Å². The third-order valence-electron chi connectivity index (χ3n) is 15.9. The Morgan fingerprint density at radius 1 is 0.322 bits per heavy atom. The number of esters is 4. The number of ether oxygens (including phenoxy) is 4. The van der Waals surface area contributed by atoms with Crippen LogP contribution in [0.5, 0.6) is 0 Å². The second kappa shape index (κ2) is 57.9. The van der Waals surface area contributed by atoms with Crippen molar-refractivity contribution in [3.8, 4) is 0 Å². The summed E-state index contributed by atoms with van der Waals surface area (Å²) in [5, 5.41) is 10.6.